The Morgan fingerprint density at radius 2 is 1.97 bits per heavy atom. The normalized spacial score (nSPS) is 19.5. The summed E-state index contributed by atoms with van der Waals surface area (Å²) in [5, 5.41) is 10.4. The van der Waals surface area contributed by atoms with E-state index in [1.165, 1.54) is 4.90 Å². The molecule has 7 nitrogen and oxygen atoms in total. The number of likely N-dealkylation sites (tertiary alicyclic amines) is 1. The number of aryl methyl sites for hydroxylation is 2. The van der Waals surface area contributed by atoms with Crippen LogP contribution < -0.4 is 5.73 Å². The predicted molar refractivity (Wildman–Crippen MR) is 110 cm³/mol. The Balaban J connectivity index is 1.66. The highest BCUT2D eigenvalue weighted by atomic mass is 16.3. The van der Waals surface area contributed by atoms with E-state index in [2.05, 4.69) is 30.1 Å². The van der Waals surface area contributed by atoms with Crippen molar-refractivity contribution < 1.29 is 14.7 Å². The first-order chi connectivity index (χ1) is 13.8. The Morgan fingerprint density at radius 3 is 2.72 bits per heavy atom. The molecule has 1 fully saturated rings. The molecule has 2 heterocycles. The number of β-amino-alcohol motifs (C(OH)–C–C–N with tert-alkyl or cyclic N) is 1. The van der Waals surface area contributed by atoms with Crippen LogP contribution in [0.1, 0.15) is 34.3 Å². The quantitative estimate of drug-likeness (QED) is 0.713. The maximum absolute atomic E-state index is 13.0. The first-order valence-corrected chi connectivity index (χ1v) is 9.65. The number of carbonyl (C=O) groups excluding carboxylic acids is 2. The number of nitrogens with two attached hydrogens (primary N) is 1. The number of amides is 2. The van der Waals surface area contributed by atoms with Crippen molar-refractivity contribution in [2.75, 3.05) is 13.1 Å². The Kier molecular flexibility index (Phi) is 4.62. The minimum Gasteiger partial charge on any atom is -0.378 e. The maximum atomic E-state index is 13.0. The molecule has 7 heteroatoms. The molecule has 1 unspecified atom stereocenters. The lowest BCUT2D eigenvalue weighted by Crippen LogP contribution is -2.57. The third-order valence-electron chi connectivity index (χ3n) is 5.64. The number of benzene rings is 2. The number of piperidine rings is 1. The van der Waals surface area contributed by atoms with Gasteiger partial charge in [0, 0.05) is 12.1 Å². The third kappa shape index (κ3) is 3.38. The van der Waals surface area contributed by atoms with Crippen LogP contribution in [0.3, 0.4) is 0 Å². The first-order valence-electron chi connectivity index (χ1n) is 9.65. The fourth-order valence-corrected chi connectivity index (χ4v) is 3.91. The summed E-state index contributed by atoms with van der Waals surface area (Å²) in [4.78, 5) is 30.5. The summed E-state index contributed by atoms with van der Waals surface area (Å²) >= 11 is 0. The molecule has 0 aliphatic carbocycles. The molecule has 2 amide bonds. The second kappa shape index (κ2) is 7.00. The van der Waals surface area contributed by atoms with Crippen molar-refractivity contribution in [3.8, 4) is 5.69 Å². The summed E-state index contributed by atoms with van der Waals surface area (Å²) in [6, 6.07) is 11.6. The van der Waals surface area contributed by atoms with Crippen LogP contribution in [0.5, 0.6) is 0 Å². The minimum absolute atomic E-state index is 0.0872. The maximum Gasteiger partial charge on any atom is 0.254 e. The van der Waals surface area contributed by atoms with Crippen LogP contribution >= 0.6 is 0 Å². The van der Waals surface area contributed by atoms with Crippen molar-refractivity contribution in [3.05, 3.63) is 59.4 Å². The highest BCUT2D eigenvalue weighted by Crippen LogP contribution is 2.25. The number of aliphatic hydroxyl groups is 1. The average molecular weight is 392 g/mol. The van der Waals surface area contributed by atoms with E-state index in [1.54, 1.807) is 18.5 Å². The number of primary amides is 1. The van der Waals surface area contributed by atoms with E-state index in [-0.39, 0.29) is 18.9 Å². The summed E-state index contributed by atoms with van der Waals surface area (Å²) in [7, 11) is 0. The van der Waals surface area contributed by atoms with Crippen LogP contribution in [0.15, 0.2) is 42.7 Å². The molecule has 0 saturated carbocycles. The van der Waals surface area contributed by atoms with Crippen LogP contribution in [0.25, 0.3) is 16.7 Å². The molecule has 3 aromatic rings. The number of fused-ring (bicyclic) bond motifs is 1. The molecule has 3 N–H and O–H groups in total. The van der Waals surface area contributed by atoms with Gasteiger partial charge in [0.2, 0.25) is 0 Å². The van der Waals surface area contributed by atoms with E-state index in [9.17, 15) is 14.7 Å². The van der Waals surface area contributed by atoms with Gasteiger partial charge in [0.25, 0.3) is 11.8 Å². The lowest BCUT2D eigenvalue weighted by molar-refractivity contribution is -0.140. The van der Waals surface area contributed by atoms with Gasteiger partial charge in [-0.2, -0.15) is 0 Å². The van der Waals surface area contributed by atoms with Crippen LogP contribution in [0.4, 0.5) is 0 Å². The van der Waals surface area contributed by atoms with E-state index in [1.807, 2.05) is 17.6 Å². The molecule has 0 spiro atoms. The number of rotatable bonds is 3. The van der Waals surface area contributed by atoms with Crippen LogP contribution in [-0.2, 0) is 4.79 Å². The molecule has 29 heavy (non-hydrogen) atoms. The molecule has 2 aromatic carbocycles. The molecule has 0 radical (unpaired) electrons. The lowest BCUT2D eigenvalue weighted by Gasteiger charge is -2.37. The number of nitrogens with zero attached hydrogens (tertiary/aromatic N) is 3. The summed E-state index contributed by atoms with van der Waals surface area (Å²) in [5.74, 6) is -1.04. The highest BCUT2D eigenvalue weighted by Gasteiger charge is 2.40. The fraction of sp³-hybridized carbons (Fsp3) is 0.318. The van der Waals surface area contributed by atoms with Crippen LogP contribution in [0.2, 0.25) is 0 Å². The van der Waals surface area contributed by atoms with Gasteiger partial charge < -0.3 is 15.7 Å². The molecule has 1 aromatic heterocycles. The zero-order valence-electron chi connectivity index (χ0n) is 16.6. The van der Waals surface area contributed by atoms with Gasteiger partial charge in [0.15, 0.2) is 5.60 Å². The molecule has 1 aliphatic rings. The number of imidazole rings is 1. The van der Waals surface area contributed by atoms with Crippen LogP contribution in [-0.4, -0.2) is 50.1 Å². The van der Waals surface area contributed by atoms with Crippen molar-refractivity contribution in [3.63, 3.8) is 0 Å². The molecule has 150 valence electrons. The Morgan fingerprint density at radius 1 is 1.17 bits per heavy atom. The number of hydrogen-bond acceptors (Lipinski definition) is 4. The van der Waals surface area contributed by atoms with Crippen molar-refractivity contribution >= 4 is 22.8 Å². The fourth-order valence-electron chi connectivity index (χ4n) is 3.91. The zero-order valence-corrected chi connectivity index (χ0v) is 16.6. The van der Waals surface area contributed by atoms with Crippen molar-refractivity contribution in [1.82, 2.24) is 14.5 Å². The summed E-state index contributed by atoms with van der Waals surface area (Å²) in [5.41, 5.74) is 9.08. The molecule has 4 rings (SSSR count). The van der Waals surface area contributed by atoms with Gasteiger partial charge in [0.1, 0.15) is 6.33 Å². The SMILES string of the molecule is Cc1ccc(C)c(-n2cnc3cc(C(=O)N4CCCC(O)(C(N)=O)C4)ccc32)c1. The number of aromatic nitrogens is 2. The van der Waals surface area contributed by atoms with Gasteiger partial charge in [-0.1, -0.05) is 12.1 Å². The van der Waals surface area contributed by atoms with Gasteiger partial charge in [-0.15, -0.1) is 0 Å². The van der Waals surface area contributed by atoms with Crippen molar-refractivity contribution in [2.24, 2.45) is 5.73 Å². The van der Waals surface area contributed by atoms with Gasteiger partial charge >= 0.3 is 0 Å². The molecule has 1 saturated heterocycles. The Labute approximate surface area is 168 Å². The van der Waals surface area contributed by atoms with E-state index in [0.717, 1.165) is 22.3 Å². The predicted octanol–water partition coefficient (Wildman–Crippen LogP) is 2.09. The summed E-state index contributed by atoms with van der Waals surface area (Å²) in [6.07, 6.45) is 2.55. The number of carbonyl (C=O) groups is 2. The smallest absolute Gasteiger partial charge is 0.254 e. The van der Waals surface area contributed by atoms with Gasteiger partial charge in [-0.05, 0) is 62.1 Å². The highest BCUT2D eigenvalue weighted by molar-refractivity contribution is 5.98. The molecular formula is C22H24N4O3. The standard InChI is InChI=1S/C22H24N4O3/c1-14-4-5-15(2)19(10-14)26-13-24-17-11-16(6-7-18(17)26)20(27)25-9-3-8-22(29,12-25)21(23)28/h4-7,10-11,13,29H,3,8-9,12H2,1-2H3,(H2,23,28). The van der Waals surface area contributed by atoms with E-state index < -0.39 is 11.5 Å². The topological polar surface area (TPSA) is 101 Å². The molecule has 0 bridgehead atoms. The third-order valence-corrected chi connectivity index (χ3v) is 5.64. The Bertz CT molecular complexity index is 1120. The second-order valence-corrected chi connectivity index (χ2v) is 7.83. The zero-order chi connectivity index (χ0) is 20.8. The molecule has 1 aliphatic heterocycles. The molecule has 1 atom stereocenters. The van der Waals surface area contributed by atoms with Crippen molar-refractivity contribution in [1.29, 1.82) is 0 Å². The van der Waals surface area contributed by atoms with Gasteiger partial charge in [-0.25, -0.2) is 4.98 Å². The molecular weight excluding hydrogens is 368 g/mol. The number of hydrogen-bond donors (Lipinski definition) is 2. The lowest BCUT2D eigenvalue weighted by atomic mass is 9.92. The van der Waals surface area contributed by atoms with Crippen LogP contribution in [0, 0.1) is 13.8 Å². The average Bonchev–Trinajstić information content (AvgIpc) is 3.12. The largest absolute Gasteiger partial charge is 0.378 e. The minimum atomic E-state index is -1.66. The van der Waals surface area contributed by atoms with Gasteiger partial charge in [-0.3, -0.25) is 14.2 Å². The van der Waals surface area contributed by atoms with E-state index in [0.29, 0.717) is 24.0 Å². The van der Waals surface area contributed by atoms with E-state index in [4.69, 9.17) is 5.73 Å². The summed E-state index contributed by atoms with van der Waals surface area (Å²) in [6.45, 7) is 4.49. The first kappa shape index (κ1) is 19.1. The van der Waals surface area contributed by atoms with Gasteiger partial charge in [0.05, 0.1) is 23.3 Å². The van der Waals surface area contributed by atoms with E-state index >= 15 is 0 Å². The Hall–Kier alpha value is -3.19. The monoisotopic (exact) mass is 392 g/mol. The summed E-state index contributed by atoms with van der Waals surface area (Å²) < 4.78 is 2.01. The second-order valence-electron chi connectivity index (χ2n) is 7.83. The van der Waals surface area contributed by atoms with Crippen molar-refractivity contribution in [2.45, 2.75) is 32.3 Å².